The summed E-state index contributed by atoms with van der Waals surface area (Å²) in [6.07, 6.45) is -3.45. The molecule has 1 fully saturated rings. The highest BCUT2D eigenvalue weighted by molar-refractivity contribution is 5.80. The summed E-state index contributed by atoms with van der Waals surface area (Å²) in [6, 6.07) is -0.00484. The number of aliphatic imine (C=N–C) groups is 1. The van der Waals surface area contributed by atoms with Gasteiger partial charge in [-0.3, -0.25) is 9.89 Å². The first-order valence-corrected chi connectivity index (χ1v) is 7.78. The minimum absolute atomic E-state index is 0.00484. The number of alkyl halides is 3. The van der Waals surface area contributed by atoms with Gasteiger partial charge in [0.2, 0.25) is 0 Å². The highest BCUT2D eigenvalue weighted by atomic mass is 19.4. The zero-order valence-electron chi connectivity index (χ0n) is 14.1. The summed E-state index contributed by atoms with van der Waals surface area (Å²) in [5, 5.41) is 6.37. The minimum Gasteiger partial charge on any atom is -0.383 e. The Morgan fingerprint density at radius 1 is 1.39 bits per heavy atom. The average molecular weight is 339 g/mol. The highest BCUT2D eigenvalue weighted by Crippen LogP contribution is 2.19. The number of hydrogen-bond donors (Lipinski definition) is 2. The van der Waals surface area contributed by atoms with Gasteiger partial charge in [-0.15, -0.1) is 0 Å². The van der Waals surface area contributed by atoms with Crippen molar-refractivity contribution in [3.63, 3.8) is 0 Å². The summed E-state index contributed by atoms with van der Waals surface area (Å²) in [4.78, 5) is 7.67. The number of nitrogens with one attached hydrogen (secondary N) is 2. The summed E-state index contributed by atoms with van der Waals surface area (Å²) in [5.41, 5.74) is 0. The van der Waals surface area contributed by atoms with Gasteiger partial charge in [-0.2, -0.15) is 13.2 Å². The third-order valence-electron chi connectivity index (χ3n) is 3.70. The van der Waals surface area contributed by atoms with Crippen molar-refractivity contribution in [3.8, 4) is 0 Å². The van der Waals surface area contributed by atoms with Crippen LogP contribution < -0.4 is 10.6 Å². The normalized spacial score (nSPS) is 20.3. The summed E-state index contributed by atoms with van der Waals surface area (Å²) in [5.74, 6) is 0.629. The van der Waals surface area contributed by atoms with Crippen LogP contribution >= 0.6 is 0 Å². The number of ether oxygens (including phenoxy) is 1. The zero-order valence-corrected chi connectivity index (χ0v) is 14.1. The van der Waals surface area contributed by atoms with Crippen LogP contribution in [0, 0.1) is 0 Å². The standard InChI is InChI=1S/C14H28F3N5O/c1-18-13(19-5-7-21(2)8-9-23-3)20-12-4-6-22(10-12)11-14(15,16)17/h12H,4-11H2,1-3H3,(H2,18,19,20). The molecule has 0 aromatic carbocycles. The number of halogens is 3. The lowest BCUT2D eigenvalue weighted by Crippen LogP contribution is -2.46. The first-order valence-electron chi connectivity index (χ1n) is 7.78. The number of methoxy groups -OCH3 is 1. The molecule has 1 atom stereocenters. The second kappa shape index (κ2) is 9.94. The molecule has 136 valence electrons. The smallest absolute Gasteiger partial charge is 0.383 e. The van der Waals surface area contributed by atoms with E-state index in [4.69, 9.17) is 4.74 Å². The molecule has 0 spiro atoms. The first-order chi connectivity index (χ1) is 10.8. The van der Waals surface area contributed by atoms with Gasteiger partial charge in [0.25, 0.3) is 0 Å². The molecule has 23 heavy (non-hydrogen) atoms. The molecule has 2 N–H and O–H groups in total. The molecule has 0 aliphatic carbocycles. The van der Waals surface area contributed by atoms with Gasteiger partial charge in [-0.1, -0.05) is 0 Å². The fraction of sp³-hybridized carbons (Fsp3) is 0.929. The average Bonchev–Trinajstić information content (AvgIpc) is 2.88. The molecule has 0 saturated carbocycles. The van der Waals surface area contributed by atoms with E-state index in [-0.39, 0.29) is 6.04 Å². The topological polar surface area (TPSA) is 52.1 Å². The van der Waals surface area contributed by atoms with E-state index in [1.54, 1.807) is 14.2 Å². The fourth-order valence-corrected chi connectivity index (χ4v) is 2.46. The maximum Gasteiger partial charge on any atom is 0.401 e. The number of nitrogens with zero attached hydrogens (tertiary/aromatic N) is 3. The van der Waals surface area contributed by atoms with Crippen molar-refractivity contribution in [1.82, 2.24) is 20.4 Å². The second-order valence-corrected chi connectivity index (χ2v) is 5.78. The molecule has 1 saturated heterocycles. The lowest BCUT2D eigenvalue weighted by molar-refractivity contribution is -0.143. The van der Waals surface area contributed by atoms with Crippen LogP contribution in [0.15, 0.2) is 4.99 Å². The first kappa shape index (κ1) is 20.0. The van der Waals surface area contributed by atoms with Crippen LogP contribution in [0.2, 0.25) is 0 Å². The molecule has 9 heteroatoms. The molecule has 1 rings (SSSR count). The monoisotopic (exact) mass is 339 g/mol. The number of guanidine groups is 1. The van der Waals surface area contributed by atoms with Crippen molar-refractivity contribution < 1.29 is 17.9 Å². The Morgan fingerprint density at radius 3 is 2.74 bits per heavy atom. The van der Waals surface area contributed by atoms with E-state index in [2.05, 4.69) is 20.5 Å². The van der Waals surface area contributed by atoms with Crippen molar-refractivity contribution in [3.05, 3.63) is 0 Å². The third kappa shape index (κ3) is 8.97. The van der Waals surface area contributed by atoms with E-state index in [0.717, 1.165) is 13.1 Å². The third-order valence-corrected chi connectivity index (χ3v) is 3.70. The van der Waals surface area contributed by atoms with Crippen molar-refractivity contribution in [2.75, 3.05) is 67.1 Å². The Bertz CT molecular complexity index is 365. The molecule has 1 aliphatic rings. The van der Waals surface area contributed by atoms with Crippen LogP contribution in [0.25, 0.3) is 0 Å². The van der Waals surface area contributed by atoms with Crippen LogP contribution in [-0.2, 0) is 4.74 Å². The van der Waals surface area contributed by atoms with Crippen LogP contribution in [0.5, 0.6) is 0 Å². The Kier molecular flexibility index (Phi) is 8.64. The van der Waals surface area contributed by atoms with Crippen molar-refractivity contribution in [2.45, 2.75) is 18.6 Å². The van der Waals surface area contributed by atoms with Crippen molar-refractivity contribution >= 4 is 5.96 Å². The summed E-state index contributed by atoms with van der Waals surface area (Å²) >= 11 is 0. The Hall–Kier alpha value is -1.06. The van der Waals surface area contributed by atoms with Crippen LogP contribution in [-0.4, -0.2) is 95.1 Å². The number of rotatable bonds is 8. The molecule has 6 nitrogen and oxygen atoms in total. The van der Waals surface area contributed by atoms with Gasteiger partial charge >= 0.3 is 6.18 Å². The van der Waals surface area contributed by atoms with Gasteiger partial charge in [0, 0.05) is 52.9 Å². The van der Waals surface area contributed by atoms with Crippen LogP contribution in [0.1, 0.15) is 6.42 Å². The van der Waals surface area contributed by atoms with Gasteiger partial charge in [0.05, 0.1) is 13.2 Å². The van der Waals surface area contributed by atoms with Gasteiger partial charge < -0.3 is 20.3 Å². The second-order valence-electron chi connectivity index (χ2n) is 5.78. The Labute approximate surface area is 136 Å². The summed E-state index contributed by atoms with van der Waals surface area (Å²) < 4.78 is 42.2. The minimum atomic E-state index is -4.14. The molecule has 0 aromatic heterocycles. The quantitative estimate of drug-likeness (QED) is 0.494. The number of hydrogen-bond acceptors (Lipinski definition) is 4. The molecular weight excluding hydrogens is 311 g/mol. The molecule has 1 aliphatic heterocycles. The van der Waals surface area contributed by atoms with Gasteiger partial charge in [-0.25, -0.2) is 0 Å². The molecule has 1 unspecified atom stereocenters. The summed E-state index contributed by atoms with van der Waals surface area (Å²) in [6.45, 7) is 3.05. The molecule has 1 heterocycles. The van der Waals surface area contributed by atoms with Crippen molar-refractivity contribution in [1.29, 1.82) is 0 Å². The Balaban J connectivity index is 2.24. The summed E-state index contributed by atoms with van der Waals surface area (Å²) in [7, 11) is 5.33. The van der Waals surface area contributed by atoms with E-state index >= 15 is 0 Å². The predicted molar refractivity (Wildman–Crippen MR) is 84.8 cm³/mol. The fourth-order valence-electron chi connectivity index (χ4n) is 2.46. The van der Waals surface area contributed by atoms with E-state index in [0.29, 0.717) is 38.6 Å². The lowest BCUT2D eigenvalue weighted by atomic mass is 10.3. The highest BCUT2D eigenvalue weighted by Gasteiger charge is 2.34. The molecule has 0 aromatic rings. The number of likely N-dealkylation sites (N-methyl/N-ethyl adjacent to an activating group) is 1. The number of likely N-dealkylation sites (tertiary alicyclic amines) is 1. The zero-order chi connectivity index (χ0) is 17.3. The maximum absolute atomic E-state index is 12.4. The largest absolute Gasteiger partial charge is 0.401 e. The maximum atomic E-state index is 12.4. The van der Waals surface area contributed by atoms with Crippen LogP contribution in [0.3, 0.4) is 0 Å². The molecular formula is C14H28F3N5O. The van der Waals surface area contributed by atoms with E-state index in [9.17, 15) is 13.2 Å². The van der Waals surface area contributed by atoms with E-state index in [1.807, 2.05) is 7.05 Å². The predicted octanol–water partition coefficient (Wildman–Crippen LogP) is 0.366. The molecule has 0 amide bonds. The lowest BCUT2D eigenvalue weighted by Gasteiger charge is -2.21. The van der Waals surface area contributed by atoms with Crippen molar-refractivity contribution in [2.24, 2.45) is 4.99 Å². The SMILES string of the molecule is CN=C(NCCN(C)CCOC)NC1CCN(CC(F)(F)F)C1. The van der Waals surface area contributed by atoms with Crippen LogP contribution in [0.4, 0.5) is 13.2 Å². The van der Waals surface area contributed by atoms with E-state index in [1.165, 1.54) is 4.90 Å². The van der Waals surface area contributed by atoms with Gasteiger partial charge in [0.15, 0.2) is 5.96 Å². The molecule has 0 bridgehead atoms. The molecule has 0 radical (unpaired) electrons. The van der Waals surface area contributed by atoms with Gasteiger partial charge in [0.1, 0.15) is 0 Å². The van der Waals surface area contributed by atoms with Gasteiger partial charge in [-0.05, 0) is 13.5 Å². The van der Waals surface area contributed by atoms with E-state index < -0.39 is 12.7 Å². The Morgan fingerprint density at radius 2 is 2.13 bits per heavy atom.